The molecule has 34 heavy (non-hydrogen) atoms. The first kappa shape index (κ1) is 20.9. The molecular formula is C28H27FN4O. The molecule has 1 aromatic heterocycles. The lowest BCUT2D eigenvalue weighted by molar-refractivity contribution is -0.123. The Morgan fingerprint density at radius 3 is 2.47 bits per heavy atom. The third-order valence-corrected chi connectivity index (χ3v) is 7.09. The van der Waals surface area contributed by atoms with Crippen molar-refractivity contribution in [3.8, 4) is 5.69 Å². The van der Waals surface area contributed by atoms with Gasteiger partial charge in [0.05, 0.1) is 29.5 Å². The molecule has 172 valence electrons. The Morgan fingerprint density at radius 2 is 1.74 bits per heavy atom. The van der Waals surface area contributed by atoms with E-state index < -0.39 is 0 Å². The highest BCUT2D eigenvalue weighted by Crippen LogP contribution is 2.42. The summed E-state index contributed by atoms with van der Waals surface area (Å²) in [6.45, 7) is 2.23. The van der Waals surface area contributed by atoms with E-state index in [1.165, 1.54) is 17.7 Å². The number of amides is 1. The maximum Gasteiger partial charge on any atom is 0.223 e. The first-order chi connectivity index (χ1) is 16.6. The topological polar surface area (TPSA) is 50.2 Å². The molecule has 4 aromatic rings. The van der Waals surface area contributed by atoms with Gasteiger partial charge in [0, 0.05) is 23.0 Å². The minimum atomic E-state index is -0.263. The lowest BCUT2D eigenvalue weighted by Gasteiger charge is -2.33. The fourth-order valence-electron chi connectivity index (χ4n) is 5.29. The van der Waals surface area contributed by atoms with E-state index >= 15 is 0 Å². The van der Waals surface area contributed by atoms with Crippen molar-refractivity contribution in [2.75, 3.05) is 4.90 Å². The summed E-state index contributed by atoms with van der Waals surface area (Å²) in [6, 6.07) is 23.6. The van der Waals surface area contributed by atoms with Crippen LogP contribution in [0.25, 0.3) is 16.6 Å². The van der Waals surface area contributed by atoms with Crippen LogP contribution in [0.2, 0.25) is 0 Å². The Morgan fingerprint density at radius 1 is 1.00 bits per heavy atom. The second kappa shape index (κ2) is 8.28. The number of benzene rings is 3. The van der Waals surface area contributed by atoms with Crippen LogP contribution in [0.1, 0.15) is 37.8 Å². The molecule has 1 N–H and O–H groups in total. The lowest BCUT2D eigenvalue weighted by atomic mass is 9.99. The van der Waals surface area contributed by atoms with Gasteiger partial charge in [-0.25, -0.2) is 9.07 Å². The van der Waals surface area contributed by atoms with Gasteiger partial charge in [-0.15, -0.1) is 0 Å². The van der Waals surface area contributed by atoms with E-state index in [0.717, 1.165) is 41.5 Å². The summed E-state index contributed by atoms with van der Waals surface area (Å²) in [7, 11) is 0. The van der Waals surface area contributed by atoms with Crippen molar-refractivity contribution >= 4 is 22.5 Å². The van der Waals surface area contributed by atoms with Crippen LogP contribution in [0.4, 0.5) is 10.1 Å². The number of halogens is 1. The largest absolute Gasteiger partial charge is 0.360 e. The molecule has 3 aromatic carbocycles. The van der Waals surface area contributed by atoms with Crippen molar-refractivity contribution in [1.82, 2.24) is 15.1 Å². The van der Waals surface area contributed by atoms with E-state index in [9.17, 15) is 9.18 Å². The molecule has 5 nitrogen and oxygen atoms in total. The number of rotatable bonds is 5. The number of carbonyl (C=O) groups is 1. The monoisotopic (exact) mass is 454 g/mol. The molecule has 0 spiro atoms. The fourth-order valence-corrected chi connectivity index (χ4v) is 5.29. The molecule has 1 saturated heterocycles. The van der Waals surface area contributed by atoms with Gasteiger partial charge in [0.2, 0.25) is 5.91 Å². The highest BCUT2D eigenvalue weighted by atomic mass is 19.1. The van der Waals surface area contributed by atoms with E-state index in [2.05, 4.69) is 64.7 Å². The average Bonchev–Trinajstić information content (AvgIpc) is 3.55. The number of anilines is 1. The van der Waals surface area contributed by atoms with Crippen LogP contribution in [0, 0.1) is 11.7 Å². The van der Waals surface area contributed by atoms with Crippen molar-refractivity contribution in [3.63, 3.8) is 0 Å². The zero-order valence-corrected chi connectivity index (χ0v) is 19.1. The fraction of sp³-hybridized carbons (Fsp3) is 0.286. The standard InChI is InChI=1S/C28H27FN4O/c1-18-15-25(31-28(34)20-7-8-20)27(19-5-3-2-4-6-19)32(18)24-13-14-26-21(16-24)17-30-33(26)23-11-9-22(29)10-12-23/h2-6,9-14,16-18,20,25,27H,7-8,15H2,1H3,(H,31,34)/t18-,25-,27+/m0/s1. The van der Waals surface area contributed by atoms with Gasteiger partial charge in [0.15, 0.2) is 0 Å². The van der Waals surface area contributed by atoms with Crippen LogP contribution >= 0.6 is 0 Å². The van der Waals surface area contributed by atoms with Crippen LogP contribution in [0.15, 0.2) is 79.0 Å². The average molecular weight is 455 g/mol. The molecule has 1 saturated carbocycles. The van der Waals surface area contributed by atoms with E-state index in [1.807, 2.05) is 16.9 Å². The SMILES string of the molecule is C[C@H]1C[C@H](NC(=O)C2CC2)[C@@H](c2ccccc2)N1c1ccc2c(cnn2-c2ccc(F)cc2)c1. The minimum absolute atomic E-state index is 0.0585. The molecule has 6 heteroatoms. The molecule has 1 aliphatic carbocycles. The maximum absolute atomic E-state index is 13.4. The van der Waals surface area contributed by atoms with Gasteiger partial charge in [-0.05, 0) is 74.2 Å². The van der Waals surface area contributed by atoms with Crippen LogP contribution < -0.4 is 10.2 Å². The molecule has 0 unspecified atom stereocenters. The van der Waals surface area contributed by atoms with E-state index in [1.54, 1.807) is 12.1 Å². The molecule has 2 fully saturated rings. The Balaban J connectivity index is 1.37. The highest BCUT2D eigenvalue weighted by Gasteiger charge is 2.42. The molecule has 1 aliphatic heterocycles. The normalized spacial score (nSPS) is 22.3. The summed E-state index contributed by atoms with van der Waals surface area (Å²) < 4.78 is 15.2. The van der Waals surface area contributed by atoms with Gasteiger partial charge in [0.25, 0.3) is 0 Å². The van der Waals surface area contributed by atoms with Gasteiger partial charge in [-0.1, -0.05) is 30.3 Å². The van der Waals surface area contributed by atoms with Gasteiger partial charge >= 0.3 is 0 Å². The van der Waals surface area contributed by atoms with Crippen molar-refractivity contribution in [3.05, 3.63) is 90.4 Å². The quantitative estimate of drug-likeness (QED) is 0.439. The molecular weight excluding hydrogens is 427 g/mol. The van der Waals surface area contributed by atoms with Gasteiger partial charge in [-0.2, -0.15) is 5.10 Å². The Labute approximate surface area is 198 Å². The first-order valence-electron chi connectivity index (χ1n) is 12.0. The summed E-state index contributed by atoms with van der Waals surface area (Å²) in [5.74, 6) is 0.117. The zero-order chi connectivity index (χ0) is 23.2. The van der Waals surface area contributed by atoms with Crippen molar-refractivity contribution in [2.45, 2.75) is 44.3 Å². The van der Waals surface area contributed by atoms with E-state index in [4.69, 9.17) is 0 Å². The lowest BCUT2D eigenvalue weighted by Crippen LogP contribution is -2.40. The van der Waals surface area contributed by atoms with Crippen molar-refractivity contribution in [1.29, 1.82) is 0 Å². The van der Waals surface area contributed by atoms with Crippen LogP contribution in [-0.2, 0) is 4.79 Å². The molecule has 2 heterocycles. The summed E-state index contributed by atoms with van der Waals surface area (Å²) in [4.78, 5) is 15.1. The summed E-state index contributed by atoms with van der Waals surface area (Å²) in [5.41, 5.74) is 4.10. The number of hydrogen-bond acceptors (Lipinski definition) is 3. The number of nitrogens with one attached hydrogen (secondary N) is 1. The number of aromatic nitrogens is 2. The van der Waals surface area contributed by atoms with Gasteiger partial charge < -0.3 is 10.2 Å². The maximum atomic E-state index is 13.4. The minimum Gasteiger partial charge on any atom is -0.360 e. The van der Waals surface area contributed by atoms with E-state index in [-0.39, 0.29) is 35.8 Å². The first-order valence-corrected chi connectivity index (χ1v) is 12.0. The highest BCUT2D eigenvalue weighted by molar-refractivity contribution is 5.85. The molecule has 6 rings (SSSR count). The second-order valence-electron chi connectivity index (χ2n) is 9.51. The zero-order valence-electron chi connectivity index (χ0n) is 19.1. The van der Waals surface area contributed by atoms with E-state index in [0.29, 0.717) is 0 Å². The van der Waals surface area contributed by atoms with Crippen LogP contribution in [0.3, 0.4) is 0 Å². The summed E-state index contributed by atoms with van der Waals surface area (Å²) in [5, 5.41) is 8.94. The Bertz CT molecular complexity index is 1330. The molecule has 2 aliphatic rings. The summed E-state index contributed by atoms with van der Waals surface area (Å²) in [6.07, 6.45) is 4.75. The summed E-state index contributed by atoms with van der Waals surface area (Å²) >= 11 is 0. The molecule has 0 bridgehead atoms. The van der Waals surface area contributed by atoms with Crippen LogP contribution in [0.5, 0.6) is 0 Å². The number of carbonyl (C=O) groups excluding carboxylic acids is 1. The second-order valence-corrected chi connectivity index (χ2v) is 9.51. The predicted octanol–water partition coefficient (Wildman–Crippen LogP) is 5.40. The number of nitrogens with zero attached hydrogens (tertiary/aromatic N) is 3. The van der Waals surface area contributed by atoms with Crippen LogP contribution in [-0.4, -0.2) is 27.8 Å². The molecule has 1 amide bonds. The molecule has 3 atom stereocenters. The van der Waals surface area contributed by atoms with Crippen molar-refractivity contribution < 1.29 is 9.18 Å². The third kappa shape index (κ3) is 3.73. The van der Waals surface area contributed by atoms with Gasteiger partial charge in [-0.3, -0.25) is 4.79 Å². The predicted molar refractivity (Wildman–Crippen MR) is 131 cm³/mol. The van der Waals surface area contributed by atoms with Crippen molar-refractivity contribution in [2.24, 2.45) is 5.92 Å². The molecule has 0 radical (unpaired) electrons. The van der Waals surface area contributed by atoms with Gasteiger partial charge in [0.1, 0.15) is 5.82 Å². The third-order valence-electron chi connectivity index (χ3n) is 7.09. The number of hydrogen-bond donors (Lipinski definition) is 1. The number of fused-ring (bicyclic) bond motifs is 1. The Kier molecular flexibility index (Phi) is 5.09. The Hall–Kier alpha value is -3.67. The smallest absolute Gasteiger partial charge is 0.223 e.